The van der Waals surface area contributed by atoms with E-state index >= 15 is 0 Å². The number of fused-ring (bicyclic) bond motifs is 2. The lowest BCUT2D eigenvalue weighted by atomic mass is 10.1. The highest BCUT2D eigenvalue weighted by molar-refractivity contribution is 7.85. The van der Waals surface area contributed by atoms with Gasteiger partial charge in [0.25, 0.3) is 0 Å². The first kappa shape index (κ1) is 20.0. The molecule has 1 unspecified atom stereocenters. The van der Waals surface area contributed by atoms with Gasteiger partial charge in [-0.25, -0.2) is 18.9 Å². The SMILES string of the molecule is O=C(OCCOCCN1CCCCC1)N1c2ccccc2S(=O)c2cccnc21. The van der Waals surface area contributed by atoms with Gasteiger partial charge in [0.05, 0.1) is 39.5 Å². The summed E-state index contributed by atoms with van der Waals surface area (Å²) in [6.45, 7) is 4.32. The van der Waals surface area contributed by atoms with Crippen LogP contribution < -0.4 is 4.90 Å². The van der Waals surface area contributed by atoms with E-state index in [9.17, 15) is 9.00 Å². The summed E-state index contributed by atoms with van der Waals surface area (Å²) < 4.78 is 23.9. The number of likely N-dealkylation sites (tertiary alicyclic amines) is 1. The predicted octanol–water partition coefficient (Wildman–Crippen LogP) is 3.34. The van der Waals surface area contributed by atoms with E-state index in [2.05, 4.69) is 9.88 Å². The topological polar surface area (TPSA) is 72.0 Å². The Kier molecular flexibility index (Phi) is 6.53. The minimum Gasteiger partial charge on any atom is -0.446 e. The number of nitrogens with zero attached hydrogens (tertiary/aromatic N) is 3. The Morgan fingerprint density at radius 2 is 1.79 bits per heavy atom. The van der Waals surface area contributed by atoms with Crippen LogP contribution in [0.3, 0.4) is 0 Å². The van der Waals surface area contributed by atoms with E-state index in [1.54, 1.807) is 42.6 Å². The van der Waals surface area contributed by atoms with Crippen LogP contribution in [-0.4, -0.2) is 59.6 Å². The highest BCUT2D eigenvalue weighted by Gasteiger charge is 2.33. The molecule has 8 heteroatoms. The van der Waals surface area contributed by atoms with Gasteiger partial charge in [-0.3, -0.25) is 0 Å². The Hall–Kier alpha value is -2.29. The van der Waals surface area contributed by atoms with Crippen molar-refractivity contribution in [2.75, 3.05) is 44.4 Å². The molecule has 0 radical (unpaired) electrons. The van der Waals surface area contributed by atoms with Crippen molar-refractivity contribution < 1.29 is 18.5 Å². The number of aromatic nitrogens is 1. The number of carbonyl (C=O) groups is 1. The summed E-state index contributed by atoms with van der Waals surface area (Å²) in [6.07, 6.45) is 4.87. The highest BCUT2D eigenvalue weighted by atomic mass is 32.2. The quantitative estimate of drug-likeness (QED) is 0.674. The number of anilines is 2. The van der Waals surface area contributed by atoms with Gasteiger partial charge in [-0.1, -0.05) is 18.6 Å². The maximum atomic E-state index is 12.8. The molecule has 29 heavy (non-hydrogen) atoms. The minimum absolute atomic E-state index is 0.156. The number of para-hydroxylation sites is 1. The monoisotopic (exact) mass is 415 g/mol. The van der Waals surface area contributed by atoms with Crippen molar-refractivity contribution in [1.29, 1.82) is 0 Å². The smallest absolute Gasteiger partial charge is 0.420 e. The summed E-state index contributed by atoms with van der Waals surface area (Å²) in [5, 5.41) is 0. The van der Waals surface area contributed by atoms with Crippen molar-refractivity contribution in [2.24, 2.45) is 0 Å². The van der Waals surface area contributed by atoms with Crippen LogP contribution in [0.4, 0.5) is 16.3 Å². The summed E-state index contributed by atoms with van der Waals surface area (Å²) in [6, 6.07) is 10.5. The van der Waals surface area contributed by atoms with Crippen LogP contribution in [0.1, 0.15) is 19.3 Å². The molecule has 0 N–H and O–H groups in total. The molecule has 2 aliphatic heterocycles. The molecule has 1 amide bonds. The Balaban J connectivity index is 1.34. The lowest BCUT2D eigenvalue weighted by Crippen LogP contribution is -2.34. The molecule has 0 bridgehead atoms. The Labute approximate surface area is 173 Å². The van der Waals surface area contributed by atoms with Crippen molar-refractivity contribution in [3.8, 4) is 0 Å². The van der Waals surface area contributed by atoms with Gasteiger partial charge in [0.2, 0.25) is 0 Å². The fourth-order valence-electron chi connectivity index (χ4n) is 3.64. The fraction of sp³-hybridized carbons (Fsp3) is 0.429. The number of piperidine rings is 1. The zero-order chi connectivity index (χ0) is 20.1. The number of amides is 1. The molecule has 0 saturated carbocycles. The average molecular weight is 416 g/mol. The molecular weight excluding hydrogens is 390 g/mol. The molecule has 3 heterocycles. The van der Waals surface area contributed by atoms with E-state index in [0.29, 0.717) is 34.5 Å². The molecule has 1 saturated heterocycles. The number of hydrogen-bond donors (Lipinski definition) is 0. The second-order valence-corrected chi connectivity index (χ2v) is 8.44. The number of rotatable bonds is 6. The summed E-state index contributed by atoms with van der Waals surface area (Å²) in [4.78, 5) is 22.0. The lowest BCUT2D eigenvalue weighted by molar-refractivity contribution is 0.0599. The van der Waals surface area contributed by atoms with Crippen molar-refractivity contribution in [3.05, 3.63) is 42.6 Å². The van der Waals surface area contributed by atoms with E-state index in [-0.39, 0.29) is 6.61 Å². The van der Waals surface area contributed by atoms with E-state index < -0.39 is 16.9 Å². The molecule has 1 aromatic heterocycles. The summed E-state index contributed by atoms with van der Waals surface area (Å²) in [5.74, 6) is 0.348. The van der Waals surface area contributed by atoms with Gasteiger partial charge in [-0.2, -0.15) is 0 Å². The van der Waals surface area contributed by atoms with E-state index in [4.69, 9.17) is 9.47 Å². The Bertz CT molecular complexity index is 836. The van der Waals surface area contributed by atoms with Gasteiger partial charge >= 0.3 is 6.09 Å². The molecule has 4 rings (SSSR count). The van der Waals surface area contributed by atoms with Crippen LogP contribution in [0.5, 0.6) is 0 Å². The molecule has 1 aromatic carbocycles. The van der Waals surface area contributed by atoms with Gasteiger partial charge < -0.3 is 14.4 Å². The molecule has 1 fully saturated rings. The highest BCUT2D eigenvalue weighted by Crippen LogP contribution is 2.40. The van der Waals surface area contributed by atoms with Crippen molar-refractivity contribution in [1.82, 2.24) is 9.88 Å². The van der Waals surface area contributed by atoms with E-state index in [0.717, 1.165) is 19.6 Å². The standard InChI is InChI=1S/C21H25N3O4S/c25-21(28-16-15-27-14-13-23-11-4-1-5-12-23)24-17-7-2-3-8-18(17)29(26)19-9-6-10-22-20(19)24/h2-3,6-10H,1,4-5,11-16H2. The Morgan fingerprint density at radius 3 is 2.66 bits per heavy atom. The summed E-state index contributed by atoms with van der Waals surface area (Å²) in [5.41, 5.74) is 0.535. The molecule has 7 nitrogen and oxygen atoms in total. The lowest BCUT2D eigenvalue weighted by Gasteiger charge is -2.28. The normalized spacial score (nSPS) is 18.8. The first-order chi connectivity index (χ1) is 14.3. The molecule has 1 atom stereocenters. The van der Waals surface area contributed by atoms with Crippen molar-refractivity contribution in [3.63, 3.8) is 0 Å². The first-order valence-corrected chi connectivity index (χ1v) is 11.1. The molecule has 2 aliphatic rings. The maximum Gasteiger partial charge on any atom is 0.420 e. The molecule has 0 spiro atoms. The van der Waals surface area contributed by atoms with Gasteiger partial charge in [0.1, 0.15) is 6.61 Å². The number of pyridine rings is 1. The predicted molar refractivity (Wildman–Crippen MR) is 110 cm³/mol. The van der Waals surface area contributed by atoms with Crippen molar-refractivity contribution in [2.45, 2.75) is 29.1 Å². The molecular formula is C21H25N3O4S. The van der Waals surface area contributed by atoms with Crippen LogP contribution in [-0.2, 0) is 20.3 Å². The van der Waals surface area contributed by atoms with Gasteiger partial charge in [0, 0.05) is 12.7 Å². The van der Waals surface area contributed by atoms with Crippen LogP contribution in [0, 0.1) is 0 Å². The largest absolute Gasteiger partial charge is 0.446 e. The molecule has 2 aromatic rings. The van der Waals surface area contributed by atoms with Crippen LogP contribution in [0.15, 0.2) is 52.4 Å². The van der Waals surface area contributed by atoms with E-state index in [1.807, 2.05) is 0 Å². The number of ether oxygens (including phenoxy) is 2. The van der Waals surface area contributed by atoms with Crippen LogP contribution in [0.25, 0.3) is 0 Å². The fourth-order valence-corrected chi connectivity index (χ4v) is 4.94. The van der Waals surface area contributed by atoms with Gasteiger partial charge in [0.15, 0.2) is 5.82 Å². The third-order valence-electron chi connectivity index (χ3n) is 5.10. The van der Waals surface area contributed by atoms with Crippen LogP contribution in [0.2, 0.25) is 0 Å². The molecule has 0 aliphatic carbocycles. The van der Waals surface area contributed by atoms with Gasteiger partial charge in [-0.05, 0) is 50.2 Å². The average Bonchev–Trinajstić information content (AvgIpc) is 2.77. The first-order valence-electron chi connectivity index (χ1n) is 9.98. The number of hydrogen-bond acceptors (Lipinski definition) is 6. The second-order valence-electron chi connectivity index (χ2n) is 7.03. The summed E-state index contributed by atoms with van der Waals surface area (Å²) in [7, 11) is -1.38. The third-order valence-corrected chi connectivity index (χ3v) is 6.57. The van der Waals surface area contributed by atoms with Crippen LogP contribution >= 0.6 is 0 Å². The third kappa shape index (κ3) is 4.49. The number of carbonyl (C=O) groups excluding carboxylic acids is 1. The Morgan fingerprint density at radius 1 is 1.00 bits per heavy atom. The molecule has 154 valence electrons. The number of benzene rings is 1. The van der Waals surface area contributed by atoms with Crippen molar-refractivity contribution >= 4 is 28.4 Å². The zero-order valence-electron chi connectivity index (χ0n) is 16.3. The summed E-state index contributed by atoms with van der Waals surface area (Å²) >= 11 is 0. The van der Waals surface area contributed by atoms with Gasteiger partial charge in [-0.15, -0.1) is 0 Å². The second kappa shape index (κ2) is 9.47. The van der Waals surface area contributed by atoms with E-state index in [1.165, 1.54) is 24.2 Å². The zero-order valence-corrected chi connectivity index (χ0v) is 17.1. The maximum absolute atomic E-state index is 12.8. The minimum atomic E-state index is -1.38.